The molecule has 0 N–H and O–H groups in total. The highest BCUT2D eigenvalue weighted by atomic mass is 16.5. The average Bonchev–Trinajstić information content (AvgIpc) is 0.722. The van der Waals surface area contributed by atoms with Gasteiger partial charge >= 0.3 is 0 Å². The molecule has 0 amide bonds. The molecule has 24 rings (SSSR count). The zero-order chi connectivity index (χ0) is 77.3. The van der Waals surface area contributed by atoms with Crippen LogP contribution in [0, 0.1) is 0 Å². The zero-order valence-corrected chi connectivity index (χ0v) is 63.5. The molecule has 0 saturated carbocycles. The van der Waals surface area contributed by atoms with E-state index in [1.165, 1.54) is 44.5 Å². The van der Waals surface area contributed by atoms with Crippen LogP contribution in [0.25, 0.3) is 100 Å². The second-order valence-electron chi connectivity index (χ2n) is 30.3. The third kappa shape index (κ3) is 12.3. The molecule has 546 valence electrons. The van der Waals surface area contributed by atoms with Crippen molar-refractivity contribution in [1.29, 1.82) is 0 Å². The Bertz CT molecular complexity index is 6790. The molecule has 0 saturated heterocycles. The maximum atomic E-state index is 6.95. The molecule has 0 aliphatic carbocycles. The van der Waals surface area contributed by atoms with E-state index in [9.17, 15) is 0 Å². The maximum Gasteiger partial charge on any atom is 0.260 e. The second kappa shape index (κ2) is 29.2. The van der Waals surface area contributed by atoms with Crippen LogP contribution in [-0.4, -0.2) is 20.1 Å². The maximum absolute atomic E-state index is 6.95. The summed E-state index contributed by atoms with van der Waals surface area (Å²) in [5.41, 5.74) is 30.8. The first kappa shape index (κ1) is 68.7. The first-order valence-electron chi connectivity index (χ1n) is 39.9. The Hall–Kier alpha value is -15.0. The number of hydrogen-bond donors (Lipinski definition) is 0. The Morgan fingerprint density at radius 3 is 0.718 bits per heavy atom. The van der Waals surface area contributed by atoms with Crippen molar-refractivity contribution in [2.75, 3.05) is 0 Å². The molecule has 0 radical (unpaired) electrons. The average molecular weight is 1500 g/mol. The summed E-state index contributed by atoms with van der Waals surface area (Å²) >= 11 is 0. The molecule has 18 aromatic carbocycles. The molecule has 0 fully saturated rings. The molecule has 0 atom stereocenters. The van der Waals surface area contributed by atoms with E-state index < -0.39 is 0 Å². The SMILES string of the molecule is c1ccc(-c2ccc3c(c2)B2c4cccc(-c5ccccc5)c4Oc4c(-c5ccccc5)ccc(c42)O3)cc1.c1ccc(-c2ccc3c(c2)Oc2c(-c4ccccc4)ccc4c2B3c2cc(-c3ccccc3)ccc2O4)cc1.c1ccc(-c2ccc3c(c2)Oc2ccc(-c4ccccc4)c4c2B3c2cc(-c3ccccc3)ccc2O4)cc1. The minimum absolute atomic E-state index is 0.000326. The van der Waals surface area contributed by atoms with Crippen LogP contribution in [0.4, 0.5) is 0 Å². The first-order valence-corrected chi connectivity index (χ1v) is 39.9. The second-order valence-corrected chi connectivity index (χ2v) is 30.3. The third-order valence-electron chi connectivity index (χ3n) is 23.5. The fourth-order valence-corrected chi connectivity index (χ4v) is 17.9. The molecule has 9 heteroatoms. The lowest BCUT2D eigenvalue weighted by Gasteiger charge is -2.35. The van der Waals surface area contributed by atoms with Crippen LogP contribution >= 0.6 is 0 Å². The number of para-hydroxylation sites is 1. The molecular weight excluding hydrogens is 1430 g/mol. The van der Waals surface area contributed by atoms with Gasteiger partial charge in [-0.3, -0.25) is 0 Å². The quantitative estimate of drug-likeness (QED) is 0.134. The van der Waals surface area contributed by atoms with E-state index in [4.69, 9.17) is 28.4 Å². The van der Waals surface area contributed by atoms with E-state index in [-0.39, 0.29) is 20.1 Å². The minimum atomic E-state index is -0.0153. The number of rotatable bonds is 9. The van der Waals surface area contributed by atoms with Gasteiger partial charge in [0.25, 0.3) is 20.1 Å². The predicted molar refractivity (Wildman–Crippen MR) is 481 cm³/mol. The van der Waals surface area contributed by atoms with Crippen molar-refractivity contribution in [1.82, 2.24) is 0 Å². The highest BCUT2D eigenvalue weighted by Gasteiger charge is 2.46. The topological polar surface area (TPSA) is 55.4 Å². The standard InChI is InChI=1S/3C36H23BO2/c1-4-11-24(12-5-1)27-19-21-32-31(23-27)37-30-18-10-17-28(25-13-6-2-7-14-25)35(30)39-36-29(26-15-8-3-9-16-26)20-22-33(38-32)34(36)37;1-4-10-24(11-5-1)27-17-20-32-31(22-27)37-30-19-16-28(25-12-6-2-7-13-25)23-34(30)38-33-21-18-29(36(39-32)35(33)37)26-14-8-3-9-15-26;1-4-10-24(11-5-1)27-17-20-32-31(22-27)37-30-19-16-28(25-12-6-2-7-13-25)23-34(30)39-36-29(26-14-8-3-9-15-26)18-21-33(38-32)35(36)37/h3*1-23H. The Morgan fingerprint density at radius 1 is 0.128 bits per heavy atom. The molecule has 18 aromatic rings. The van der Waals surface area contributed by atoms with Gasteiger partial charge in [0.1, 0.15) is 69.0 Å². The van der Waals surface area contributed by atoms with E-state index in [0.29, 0.717) is 0 Å². The first-order chi connectivity index (χ1) is 58.0. The van der Waals surface area contributed by atoms with Gasteiger partial charge in [0.15, 0.2) is 0 Å². The summed E-state index contributed by atoms with van der Waals surface area (Å²) in [5.74, 6) is 10.5. The zero-order valence-electron chi connectivity index (χ0n) is 63.5. The molecule has 117 heavy (non-hydrogen) atoms. The molecule has 6 aliphatic heterocycles. The van der Waals surface area contributed by atoms with Gasteiger partial charge in [0.2, 0.25) is 0 Å². The predicted octanol–water partition coefficient (Wildman–Crippen LogP) is 22.2. The fraction of sp³-hybridized carbons (Fsp3) is 0. The Morgan fingerprint density at radius 2 is 0.376 bits per heavy atom. The summed E-state index contributed by atoms with van der Waals surface area (Å²) in [6, 6.07) is 146. The monoisotopic (exact) mass is 1490 g/mol. The van der Waals surface area contributed by atoms with Gasteiger partial charge in [-0.05, 0) is 177 Å². The van der Waals surface area contributed by atoms with Crippen molar-refractivity contribution in [2.45, 2.75) is 0 Å². The van der Waals surface area contributed by atoms with Gasteiger partial charge in [0.05, 0.1) is 0 Å². The number of benzene rings is 18. The van der Waals surface area contributed by atoms with Crippen LogP contribution in [0.3, 0.4) is 0 Å². The van der Waals surface area contributed by atoms with Crippen molar-refractivity contribution >= 4 is 69.3 Å². The molecule has 0 bridgehead atoms. The van der Waals surface area contributed by atoms with Crippen LogP contribution < -0.4 is 77.6 Å². The van der Waals surface area contributed by atoms with Gasteiger partial charge < -0.3 is 28.4 Å². The minimum Gasteiger partial charge on any atom is -0.458 e. The summed E-state index contributed by atoms with van der Waals surface area (Å²) < 4.78 is 40.2. The van der Waals surface area contributed by atoms with Crippen LogP contribution in [0.15, 0.2) is 419 Å². The lowest BCUT2D eigenvalue weighted by atomic mass is 9.34. The van der Waals surface area contributed by atoms with Crippen molar-refractivity contribution < 1.29 is 28.4 Å². The number of fused-ring (bicyclic) bond motifs is 12. The van der Waals surface area contributed by atoms with Crippen LogP contribution in [0.2, 0.25) is 0 Å². The van der Waals surface area contributed by atoms with Crippen molar-refractivity contribution in [3.63, 3.8) is 0 Å². The molecule has 0 unspecified atom stereocenters. The van der Waals surface area contributed by atoms with Gasteiger partial charge in [0, 0.05) is 38.6 Å². The van der Waals surface area contributed by atoms with Gasteiger partial charge in [-0.2, -0.15) is 0 Å². The molecule has 0 spiro atoms. The van der Waals surface area contributed by atoms with E-state index in [0.717, 1.165) is 174 Å². The Balaban J connectivity index is 0.000000106. The fourth-order valence-electron chi connectivity index (χ4n) is 17.9. The molecule has 6 aliphatic rings. The van der Waals surface area contributed by atoms with E-state index in [1.54, 1.807) is 0 Å². The highest BCUT2D eigenvalue weighted by molar-refractivity contribution is 7.00. The number of ether oxygens (including phenoxy) is 6. The van der Waals surface area contributed by atoms with E-state index in [1.807, 2.05) is 30.3 Å². The van der Waals surface area contributed by atoms with Crippen LogP contribution in [0.1, 0.15) is 0 Å². The summed E-state index contributed by atoms with van der Waals surface area (Å²) in [5, 5.41) is 0. The summed E-state index contributed by atoms with van der Waals surface area (Å²) in [4.78, 5) is 0. The third-order valence-corrected chi connectivity index (χ3v) is 23.5. The lowest BCUT2D eigenvalue weighted by molar-refractivity contribution is 0.465. The Kier molecular flexibility index (Phi) is 17.1. The smallest absolute Gasteiger partial charge is 0.260 e. The highest BCUT2D eigenvalue weighted by Crippen LogP contribution is 2.48. The van der Waals surface area contributed by atoms with E-state index in [2.05, 4.69) is 388 Å². The Labute approximate surface area is 681 Å². The van der Waals surface area contributed by atoms with Gasteiger partial charge in [-0.15, -0.1) is 0 Å². The van der Waals surface area contributed by atoms with Crippen molar-refractivity contribution in [3.05, 3.63) is 419 Å². The largest absolute Gasteiger partial charge is 0.458 e. The normalized spacial score (nSPS) is 12.5. The van der Waals surface area contributed by atoms with Crippen molar-refractivity contribution in [3.8, 4) is 169 Å². The summed E-state index contributed by atoms with van der Waals surface area (Å²) in [6.07, 6.45) is 0. The molecule has 6 nitrogen and oxygen atoms in total. The van der Waals surface area contributed by atoms with Crippen LogP contribution in [0.5, 0.6) is 69.0 Å². The lowest BCUT2D eigenvalue weighted by Crippen LogP contribution is -2.57. The molecular formula is C108H69B3O6. The van der Waals surface area contributed by atoms with E-state index >= 15 is 0 Å². The van der Waals surface area contributed by atoms with Gasteiger partial charge in [-0.1, -0.05) is 352 Å². The van der Waals surface area contributed by atoms with Crippen LogP contribution in [-0.2, 0) is 0 Å². The molecule has 0 aromatic heterocycles. The van der Waals surface area contributed by atoms with Crippen molar-refractivity contribution in [2.24, 2.45) is 0 Å². The summed E-state index contributed by atoms with van der Waals surface area (Å²) in [6.45, 7) is -0.0159. The van der Waals surface area contributed by atoms with Gasteiger partial charge in [-0.25, -0.2) is 0 Å². The molecule has 6 heterocycles. The summed E-state index contributed by atoms with van der Waals surface area (Å²) in [7, 11) is 0. The number of hydrogen-bond acceptors (Lipinski definition) is 6.